The van der Waals surface area contributed by atoms with Gasteiger partial charge in [0, 0.05) is 18.8 Å². The van der Waals surface area contributed by atoms with Gasteiger partial charge in [0.15, 0.2) is 0 Å². The molecular formula is C22H26N2O2S. The van der Waals surface area contributed by atoms with Crippen LogP contribution in [0, 0.1) is 0 Å². The van der Waals surface area contributed by atoms with Crippen LogP contribution in [0.2, 0.25) is 0 Å². The highest BCUT2D eigenvalue weighted by Gasteiger charge is 2.22. The number of para-hydroxylation sites is 1. The van der Waals surface area contributed by atoms with Crippen LogP contribution < -0.4 is 5.32 Å². The molecular weight excluding hydrogens is 356 g/mol. The van der Waals surface area contributed by atoms with Crippen LogP contribution in [0.25, 0.3) is 0 Å². The van der Waals surface area contributed by atoms with Crippen LogP contribution in [0.1, 0.15) is 42.1 Å². The highest BCUT2D eigenvalue weighted by atomic mass is 32.2. The van der Waals surface area contributed by atoms with Gasteiger partial charge in [0.1, 0.15) is 0 Å². The average Bonchev–Trinajstić information content (AvgIpc) is 2.73. The van der Waals surface area contributed by atoms with Gasteiger partial charge in [-0.25, -0.2) is 0 Å². The van der Waals surface area contributed by atoms with Crippen molar-refractivity contribution < 1.29 is 9.59 Å². The Morgan fingerprint density at radius 2 is 1.67 bits per heavy atom. The first-order valence-corrected chi connectivity index (χ1v) is 10.5. The molecule has 0 saturated carbocycles. The molecule has 1 aliphatic heterocycles. The van der Waals surface area contributed by atoms with Crippen LogP contribution in [0.5, 0.6) is 0 Å². The van der Waals surface area contributed by atoms with Gasteiger partial charge in [-0.1, -0.05) is 42.5 Å². The van der Waals surface area contributed by atoms with Crippen molar-refractivity contribution in [3.63, 3.8) is 0 Å². The molecule has 2 aromatic carbocycles. The summed E-state index contributed by atoms with van der Waals surface area (Å²) in [6.07, 6.45) is 3.28. The number of carbonyl (C=O) groups excluding carboxylic acids is 2. The Bertz CT molecular complexity index is 773. The number of hydrogen-bond donors (Lipinski definition) is 1. The van der Waals surface area contributed by atoms with Crippen LogP contribution in [-0.4, -0.2) is 35.1 Å². The van der Waals surface area contributed by atoms with E-state index in [1.54, 1.807) is 17.8 Å². The topological polar surface area (TPSA) is 49.4 Å². The van der Waals surface area contributed by atoms with Crippen LogP contribution >= 0.6 is 11.8 Å². The van der Waals surface area contributed by atoms with E-state index in [0.717, 1.165) is 31.7 Å². The first-order valence-electron chi connectivity index (χ1n) is 9.50. The zero-order chi connectivity index (χ0) is 19.1. The van der Waals surface area contributed by atoms with E-state index < -0.39 is 0 Å². The van der Waals surface area contributed by atoms with Gasteiger partial charge in [0.25, 0.3) is 5.91 Å². The summed E-state index contributed by atoms with van der Waals surface area (Å²) in [5.74, 6) is 0.717. The molecule has 1 aliphatic rings. The van der Waals surface area contributed by atoms with Crippen molar-refractivity contribution in [1.82, 2.24) is 4.90 Å². The molecule has 3 rings (SSSR count). The molecule has 0 spiro atoms. The number of nitrogens with one attached hydrogen (secondary N) is 1. The summed E-state index contributed by atoms with van der Waals surface area (Å²) in [5, 5.41) is 2.75. The maximum Gasteiger partial charge on any atom is 0.255 e. The quantitative estimate of drug-likeness (QED) is 0.796. The smallest absolute Gasteiger partial charge is 0.255 e. The van der Waals surface area contributed by atoms with E-state index in [0.29, 0.717) is 11.3 Å². The Hall–Kier alpha value is -2.27. The highest BCUT2D eigenvalue weighted by Crippen LogP contribution is 2.23. The fourth-order valence-electron chi connectivity index (χ4n) is 3.15. The molecule has 0 bridgehead atoms. The highest BCUT2D eigenvalue weighted by molar-refractivity contribution is 7.99. The van der Waals surface area contributed by atoms with Crippen molar-refractivity contribution in [3.8, 4) is 0 Å². The molecule has 0 radical (unpaired) electrons. The van der Waals surface area contributed by atoms with Crippen LogP contribution in [-0.2, 0) is 10.5 Å². The van der Waals surface area contributed by atoms with E-state index in [9.17, 15) is 9.59 Å². The minimum atomic E-state index is -0.205. The molecule has 1 heterocycles. The van der Waals surface area contributed by atoms with Crippen molar-refractivity contribution in [2.45, 2.75) is 37.2 Å². The number of likely N-dealkylation sites (tertiary alicyclic amines) is 1. The van der Waals surface area contributed by atoms with Crippen LogP contribution in [0.15, 0.2) is 54.6 Å². The van der Waals surface area contributed by atoms with Crippen molar-refractivity contribution >= 4 is 29.3 Å². The average molecular weight is 383 g/mol. The fraction of sp³-hybridized carbons (Fsp3) is 0.364. The molecule has 2 amide bonds. The van der Waals surface area contributed by atoms with Crippen molar-refractivity contribution in [2.24, 2.45) is 0 Å². The SMILES string of the molecule is CC(SCc1ccccc1)C(=O)Nc1ccccc1C(=O)N1CCCCC1. The largest absolute Gasteiger partial charge is 0.339 e. The second-order valence-corrected chi connectivity index (χ2v) is 8.16. The second kappa shape index (κ2) is 9.60. The first kappa shape index (κ1) is 19.5. The Morgan fingerprint density at radius 1 is 1.00 bits per heavy atom. The van der Waals surface area contributed by atoms with Gasteiger partial charge in [0.05, 0.1) is 16.5 Å². The van der Waals surface area contributed by atoms with Crippen LogP contribution in [0.4, 0.5) is 5.69 Å². The molecule has 0 aromatic heterocycles. The number of thioether (sulfide) groups is 1. The number of rotatable bonds is 6. The monoisotopic (exact) mass is 382 g/mol. The minimum Gasteiger partial charge on any atom is -0.339 e. The summed E-state index contributed by atoms with van der Waals surface area (Å²) in [7, 11) is 0. The number of carbonyl (C=O) groups is 2. The van der Waals surface area contributed by atoms with E-state index in [-0.39, 0.29) is 17.1 Å². The molecule has 1 atom stereocenters. The molecule has 1 unspecified atom stereocenters. The standard InChI is InChI=1S/C22H26N2O2S/c1-17(27-16-18-10-4-2-5-11-18)21(25)23-20-13-7-6-12-19(20)22(26)24-14-8-3-9-15-24/h2,4-7,10-13,17H,3,8-9,14-16H2,1H3,(H,23,25). The lowest BCUT2D eigenvalue weighted by atomic mass is 10.1. The zero-order valence-electron chi connectivity index (χ0n) is 15.7. The Kier molecular flexibility index (Phi) is 6.93. The zero-order valence-corrected chi connectivity index (χ0v) is 16.5. The summed E-state index contributed by atoms with van der Waals surface area (Å²) < 4.78 is 0. The second-order valence-electron chi connectivity index (χ2n) is 6.83. The molecule has 4 nitrogen and oxygen atoms in total. The van der Waals surface area contributed by atoms with E-state index in [2.05, 4.69) is 17.4 Å². The van der Waals surface area contributed by atoms with Gasteiger partial charge in [-0.15, -0.1) is 11.8 Å². The van der Waals surface area contributed by atoms with Crippen molar-refractivity contribution in [1.29, 1.82) is 0 Å². The van der Waals surface area contributed by atoms with Crippen molar-refractivity contribution in [3.05, 3.63) is 65.7 Å². The predicted molar refractivity (Wildman–Crippen MR) is 112 cm³/mol. The number of anilines is 1. The first-order chi connectivity index (χ1) is 13.1. The lowest BCUT2D eigenvalue weighted by molar-refractivity contribution is -0.115. The maximum absolute atomic E-state index is 12.9. The molecule has 1 N–H and O–H groups in total. The number of nitrogens with zero attached hydrogens (tertiary/aromatic N) is 1. The Morgan fingerprint density at radius 3 is 2.41 bits per heavy atom. The Balaban J connectivity index is 1.62. The fourth-order valence-corrected chi connectivity index (χ4v) is 4.00. The molecule has 0 aliphatic carbocycles. The van der Waals surface area contributed by atoms with Crippen molar-refractivity contribution in [2.75, 3.05) is 18.4 Å². The summed E-state index contributed by atoms with van der Waals surface area (Å²) >= 11 is 1.59. The van der Waals surface area contributed by atoms with E-state index in [4.69, 9.17) is 0 Å². The van der Waals surface area contributed by atoms with Gasteiger partial charge in [-0.3, -0.25) is 9.59 Å². The summed E-state index contributed by atoms with van der Waals surface area (Å²) in [6.45, 7) is 3.49. The van der Waals surface area contributed by atoms with Gasteiger partial charge in [-0.05, 0) is 43.9 Å². The third-order valence-corrected chi connectivity index (χ3v) is 5.98. The van der Waals surface area contributed by atoms with Gasteiger partial charge in [0.2, 0.25) is 5.91 Å². The van der Waals surface area contributed by atoms with E-state index in [1.165, 1.54) is 12.0 Å². The molecule has 1 fully saturated rings. The summed E-state index contributed by atoms with van der Waals surface area (Å²) in [6, 6.07) is 17.4. The lowest BCUT2D eigenvalue weighted by Gasteiger charge is -2.27. The van der Waals surface area contributed by atoms with Crippen LogP contribution in [0.3, 0.4) is 0 Å². The molecule has 2 aromatic rings. The number of benzene rings is 2. The number of amides is 2. The van der Waals surface area contributed by atoms with Gasteiger partial charge in [-0.2, -0.15) is 0 Å². The third-order valence-electron chi connectivity index (χ3n) is 4.77. The van der Waals surface area contributed by atoms with Gasteiger partial charge >= 0.3 is 0 Å². The minimum absolute atomic E-state index is 0.00944. The maximum atomic E-state index is 12.9. The lowest BCUT2D eigenvalue weighted by Crippen LogP contribution is -2.36. The molecule has 1 saturated heterocycles. The third kappa shape index (κ3) is 5.36. The van der Waals surface area contributed by atoms with Gasteiger partial charge < -0.3 is 10.2 Å². The normalized spacial score (nSPS) is 15.2. The number of piperidine rings is 1. The van der Waals surface area contributed by atoms with E-state index in [1.807, 2.05) is 48.2 Å². The Labute approximate surface area is 165 Å². The summed E-state index contributed by atoms with van der Waals surface area (Å²) in [5.41, 5.74) is 2.38. The summed E-state index contributed by atoms with van der Waals surface area (Å²) in [4.78, 5) is 27.4. The van der Waals surface area contributed by atoms with E-state index >= 15 is 0 Å². The number of hydrogen-bond acceptors (Lipinski definition) is 3. The molecule has 5 heteroatoms. The molecule has 142 valence electrons. The molecule has 27 heavy (non-hydrogen) atoms. The predicted octanol–water partition coefficient (Wildman–Crippen LogP) is 4.57.